The summed E-state index contributed by atoms with van der Waals surface area (Å²) in [5.74, 6) is -0.192. The monoisotopic (exact) mass is 236 g/mol. The maximum atomic E-state index is 13.9. The van der Waals surface area contributed by atoms with E-state index in [1.807, 2.05) is 0 Å². The van der Waals surface area contributed by atoms with Crippen LogP contribution in [0.3, 0.4) is 0 Å². The van der Waals surface area contributed by atoms with E-state index in [0.717, 1.165) is 11.2 Å². The van der Waals surface area contributed by atoms with Gasteiger partial charge in [-0.05, 0) is 18.2 Å². The van der Waals surface area contributed by atoms with Crippen LogP contribution in [0.25, 0.3) is 10.4 Å². The number of ether oxygens (including phenoxy) is 1. The van der Waals surface area contributed by atoms with Crippen LogP contribution in [-0.4, -0.2) is 13.4 Å². The number of benzene rings is 1. The molecule has 2 rings (SSSR count). The van der Waals surface area contributed by atoms with Crippen molar-refractivity contribution in [2.45, 2.75) is 0 Å². The molecule has 1 aromatic heterocycles. The third-order valence-electron chi connectivity index (χ3n) is 2.19. The molecule has 0 amide bonds. The number of hydrogen-bond donors (Lipinski definition) is 0. The first-order chi connectivity index (χ1) is 7.76. The van der Waals surface area contributed by atoms with Gasteiger partial charge in [-0.1, -0.05) is 12.1 Å². The first-order valence-corrected chi connectivity index (χ1v) is 5.46. The third-order valence-corrected chi connectivity index (χ3v) is 3.24. The minimum atomic E-state index is -0.399. The zero-order chi connectivity index (χ0) is 11.5. The summed E-state index contributed by atoms with van der Waals surface area (Å²) in [6.45, 7) is 0. The van der Waals surface area contributed by atoms with Crippen molar-refractivity contribution >= 4 is 17.6 Å². The molecule has 0 radical (unpaired) electrons. The minimum absolute atomic E-state index is 0.207. The highest BCUT2D eigenvalue weighted by Gasteiger charge is 2.11. The molecule has 1 heterocycles. The van der Waals surface area contributed by atoms with Crippen molar-refractivity contribution in [1.82, 2.24) is 0 Å². The lowest BCUT2D eigenvalue weighted by Gasteiger charge is -2.05. The van der Waals surface area contributed by atoms with Crippen LogP contribution in [0.2, 0.25) is 0 Å². The molecular formula is C12H9FO2S. The summed E-state index contributed by atoms with van der Waals surface area (Å²) >= 11 is 1.26. The molecule has 1 aromatic carbocycles. The Morgan fingerprint density at radius 2 is 2.12 bits per heavy atom. The van der Waals surface area contributed by atoms with Crippen molar-refractivity contribution in [2.75, 3.05) is 7.11 Å². The number of aldehydes is 1. The average molecular weight is 236 g/mol. The molecule has 0 atom stereocenters. The second kappa shape index (κ2) is 4.45. The van der Waals surface area contributed by atoms with Gasteiger partial charge in [0.25, 0.3) is 0 Å². The molecule has 0 unspecified atom stereocenters. The first kappa shape index (κ1) is 10.8. The molecule has 0 fully saturated rings. The van der Waals surface area contributed by atoms with E-state index in [1.165, 1.54) is 18.4 Å². The fraction of sp³-hybridized carbons (Fsp3) is 0.0833. The maximum absolute atomic E-state index is 13.9. The smallest absolute Gasteiger partial charge is 0.173 e. The largest absolute Gasteiger partial charge is 0.494 e. The van der Waals surface area contributed by atoms with Gasteiger partial charge in [-0.2, -0.15) is 0 Å². The Bertz CT molecular complexity index is 519. The van der Waals surface area contributed by atoms with Gasteiger partial charge in [-0.25, -0.2) is 4.39 Å². The summed E-state index contributed by atoms with van der Waals surface area (Å²) in [7, 11) is 1.42. The van der Waals surface area contributed by atoms with Crippen LogP contribution < -0.4 is 4.74 Å². The second-order valence-electron chi connectivity index (χ2n) is 3.14. The van der Waals surface area contributed by atoms with Gasteiger partial charge in [-0.3, -0.25) is 4.79 Å². The van der Waals surface area contributed by atoms with Crippen molar-refractivity contribution in [3.63, 3.8) is 0 Å². The van der Waals surface area contributed by atoms with E-state index < -0.39 is 5.82 Å². The SMILES string of the molecule is COc1cccc(-c2ccc(C=O)s2)c1F. The number of carbonyl (C=O) groups is 1. The topological polar surface area (TPSA) is 26.3 Å². The number of rotatable bonds is 3. The van der Waals surface area contributed by atoms with E-state index in [4.69, 9.17) is 4.74 Å². The van der Waals surface area contributed by atoms with Gasteiger partial charge in [0, 0.05) is 10.4 Å². The number of halogens is 1. The normalized spacial score (nSPS) is 10.1. The minimum Gasteiger partial charge on any atom is -0.494 e. The van der Waals surface area contributed by atoms with Crippen LogP contribution in [0.4, 0.5) is 4.39 Å². The highest BCUT2D eigenvalue weighted by molar-refractivity contribution is 7.17. The zero-order valence-electron chi connectivity index (χ0n) is 8.57. The van der Waals surface area contributed by atoms with Crippen molar-refractivity contribution in [2.24, 2.45) is 0 Å². The van der Waals surface area contributed by atoms with Crippen LogP contribution in [0.15, 0.2) is 30.3 Å². The molecule has 0 saturated carbocycles. The molecule has 0 N–H and O–H groups in total. The fourth-order valence-electron chi connectivity index (χ4n) is 1.42. The number of methoxy groups -OCH3 is 1. The molecule has 0 bridgehead atoms. The molecule has 2 nitrogen and oxygen atoms in total. The van der Waals surface area contributed by atoms with Gasteiger partial charge >= 0.3 is 0 Å². The van der Waals surface area contributed by atoms with Gasteiger partial charge < -0.3 is 4.74 Å². The van der Waals surface area contributed by atoms with Crippen LogP contribution in [0, 0.1) is 5.82 Å². The summed E-state index contributed by atoms with van der Waals surface area (Å²) in [6, 6.07) is 8.35. The summed E-state index contributed by atoms with van der Waals surface area (Å²) in [5.41, 5.74) is 0.456. The molecule has 4 heteroatoms. The quantitative estimate of drug-likeness (QED) is 0.764. The average Bonchev–Trinajstić information content (AvgIpc) is 2.78. The lowest BCUT2D eigenvalue weighted by Crippen LogP contribution is -1.89. The molecule has 0 aliphatic rings. The van der Waals surface area contributed by atoms with Gasteiger partial charge in [0.15, 0.2) is 17.9 Å². The molecule has 0 saturated heterocycles. The summed E-state index contributed by atoms with van der Waals surface area (Å²) in [5, 5.41) is 0. The third kappa shape index (κ3) is 1.84. The molecule has 16 heavy (non-hydrogen) atoms. The van der Waals surface area contributed by atoms with Crippen molar-refractivity contribution in [3.05, 3.63) is 41.0 Å². The van der Waals surface area contributed by atoms with E-state index >= 15 is 0 Å². The van der Waals surface area contributed by atoms with Crippen LogP contribution in [0.5, 0.6) is 5.75 Å². The molecule has 2 aromatic rings. The maximum Gasteiger partial charge on any atom is 0.173 e. The Kier molecular flexibility index (Phi) is 3.01. The van der Waals surface area contributed by atoms with Gasteiger partial charge in [-0.15, -0.1) is 11.3 Å². The lowest BCUT2D eigenvalue weighted by molar-refractivity contribution is 0.112. The van der Waals surface area contributed by atoms with Crippen LogP contribution in [0.1, 0.15) is 9.67 Å². The fourth-order valence-corrected chi connectivity index (χ4v) is 2.26. The summed E-state index contributed by atoms with van der Waals surface area (Å²) in [6.07, 6.45) is 0.756. The predicted octanol–water partition coefficient (Wildman–Crippen LogP) is 3.38. The van der Waals surface area contributed by atoms with E-state index in [0.29, 0.717) is 10.4 Å². The Hall–Kier alpha value is -1.68. The highest BCUT2D eigenvalue weighted by atomic mass is 32.1. The molecule has 82 valence electrons. The van der Waals surface area contributed by atoms with Crippen molar-refractivity contribution in [3.8, 4) is 16.2 Å². The van der Waals surface area contributed by atoms with E-state index in [-0.39, 0.29) is 5.75 Å². The second-order valence-corrected chi connectivity index (χ2v) is 4.26. The lowest BCUT2D eigenvalue weighted by atomic mass is 10.1. The Morgan fingerprint density at radius 3 is 2.75 bits per heavy atom. The zero-order valence-corrected chi connectivity index (χ0v) is 9.38. The van der Waals surface area contributed by atoms with Crippen molar-refractivity contribution < 1.29 is 13.9 Å². The van der Waals surface area contributed by atoms with E-state index in [1.54, 1.807) is 30.3 Å². The standard InChI is InChI=1S/C12H9FO2S/c1-15-10-4-2-3-9(12(10)13)11-6-5-8(7-14)16-11/h2-7H,1H3. The Balaban J connectivity index is 2.51. The van der Waals surface area contributed by atoms with E-state index in [9.17, 15) is 9.18 Å². The predicted molar refractivity (Wildman–Crippen MR) is 61.7 cm³/mol. The highest BCUT2D eigenvalue weighted by Crippen LogP contribution is 2.33. The summed E-state index contributed by atoms with van der Waals surface area (Å²) in [4.78, 5) is 11.9. The van der Waals surface area contributed by atoms with Crippen LogP contribution in [-0.2, 0) is 0 Å². The van der Waals surface area contributed by atoms with Gasteiger partial charge in [0.2, 0.25) is 0 Å². The summed E-state index contributed by atoms with van der Waals surface area (Å²) < 4.78 is 18.8. The number of thiophene rings is 1. The Labute approximate surface area is 96.3 Å². The van der Waals surface area contributed by atoms with Gasteiger partial charge in [0.05, 0.1) is 12.0 Å². The van der Waals surface area contributed by atoms with Crippen LogP contribution >= 0.6 is 11.3 Å². The molecule has 0 aliphatic heterocycles. The van der Waals surface area contributed by atoms with Crippen molar-refractivity contribution in [1.29, 1.82) is 0 Å². The Morgan fingerprint density at radius 1 is 1.31 bits per heavy atom. The first-order valence-electron chi connectivity index (χ1n) is 4.64. The molecule has 0 aliphatic carbocycles. The van der Waals surface area contributed by atoms with Gasteiger partial charge in [0.1, 0.15) is 0 Å². The number of carbonyl (C=O) groups excluding carboxylic acids is 1. The van der Waals surface area contributed by atoms with E-state index in [2.05, 4.69) is 0 Å². The molecular weight excluding hydrogens is 227 g/mol. The number of hydrogen-bond acceptors (Lipinski definition) is 3. The molecule has 0 spiro atoms.